The van der Waals surface area contributed by atoms with E-state index in [1.807, 2.05) is 60.7 Å². The van der Waals surface area contributed by atoms with E-state index in [1.54, 1.807) is 6.07 Å². The molecule has 0 spiro atoms. The Morgan fingerprint density at radius 3 is 2.44 bits per heavy atom. The number of fused-ring (bicyclic) bond motifs is 2. The number of hydrogen-bond donors (Lipinski definition) is 0. The van der Waals surface area contributed by atoms with Crippen molar-refractivity contribution in [3.05, 3.63) is 76.8 Å². The summed E-state index contributed by atoms with van der Waals surface area (Å²) in [5, 5.41) is 5.86. The van der Waals surface area contributed by atoms with Crippen LogP contribution in [0.15, 0.2) is 76.4 Å². The van der Waals surface area contributed by atoms with Gasteiger partial charge in [-0.05, 0) is 23.6 Å². The zero-order chi connectivity index (χ0) is 18.5. The molecule has 132 valence electrons. The molecule has 5 rings (SSSR count). The predicted molar refractivity (Wildman–Crippen MR) is 105 cm³/mol. The maximum Gasteiger partial charge on any atom is 0.278 e. The Hall–Kier alpha value is -2.99. The van der Waals surface area contributed by atoms with Gasteiger partial charge in [-0.3, -0.25) is 9.59 Å². The summed E-state index contributed by atoms with van der Waals surface area (Å²) in [7, 11) is 0. The Morgan fingerprint density at radius 2 is 1.63 bits per heavy atom. The van der Waals surface area contributed by atoms with E-state index in [4.69, 9.17) is 4.84 Å². The van der Waals surface area contributed by atoms with Crippen molar-refractivity contribution in [1.29, 1.82) is 0 Å². The van der Waals surface area contributed by atoms with E-state index in [0.29, 0.717) is 11.4 Å². The van der Waals surface area contributed by atoms with E-state index in [0.717, 1.165) is 20.8 Å². The molecule has 0 unspecified atom stereocenters. The van der Waals surface area contributed by atoms with Crippen LogP contribution in [-0.2, 0) is 14.4 Å². The van der Waals surface area contributed by atoms with Crippen LogP contribution in [0.4, 0.5) is 5.69 Å². The van der Waals surface area contributed by atoms with Crippen molar-refractivity contribution < 1.29 is 14.4 Å². The molecule has 2 atom stereocenters. The SMILES string of the molecule is O=C1[C@H]2C(c3ccc(Br)cc3)=NO[C@H]2C(=O)N1c1cccc2ccccc12. The molecule has 2 aliphatic heterocycles. The average Bonchev–Trinajstić information content (AvgIpc) is 3.23. The number of oxime groups is 1. The summed E-state index contributed by atoms with van der Waals surface area (Å²) in [6, 6.07) is 20.7. The largest absolute Gasteiger partial charge is 0.381 e. The van der Waals surface area contributed by atoms with Gasteiger partial charge in [0.25, 0.3) is 5.91 Å². The maximum atomic E-state index is 13.2. The molecule has 2 heterocycles. The zero-order valence-corrected chi connectivity index (χ0v) is 15.6. The first-order valence-corrected chi connectivity index (χ1v) is 9.30. The summed E-state index contributed by atoms with van der Waals surface area (Å²) >= 11 is 3.39. The van der Waals surface area contributed by atoms with Crippen LogP contribution in [-0.4, -0.2) is 23.6 Å². The van der Waals surface area contributed by atoms with Crippen LogP contribution in [0.3, 0.4) is 0 Å². The molecule has 3 aromatic carbocycles. The third kappa shape index (κ3) is 2.40. The van der Waals surface area contributed by atoms with E-state index in [9.17, 15) is 9.59 Å². The lowest BCUT2D eigenvalue weighted by Gasteiger charge is -2.17. The molecule has 27 heavy (non-hydrogen) atoms. The lowest BCUT2D eigenvalue weighted by atomic mass is 9.94. The summed E-state index contributed by atoms with van der Waals surface area (Å²) in [5.41, 5.74) is 1.84. The second-order valence-electron chi connectivity index (χ2n) is 6.50. The Labute approximate surface area is 163 Å². The van der Waals surface area contributed by atoms with Gasteiger partial charge < -0.3 is 4.84 Å². The van der Waals surface area contributed by atoms with Crippen molar-refractivity contribution in [2.45, 2.75) is 6.10 Å². The van der Waals surface area contributed by atoms with Crippen LogP contribution < -0.4 is 4.90 Å². The highest BCUT2D eigenvalue weighted by atomic mass is 79.9. The second kappa shape index (κ2) is 6.03. The van der Waals surface area contributed by atoms with Crippen molar-refractivity contribution in [3.8, 4) is 0 Å². The van der Waals surface area contributed by atoms with E-state index in [2.05, 4.69) is 21.1 Å². The highest BCUT2D eigenvalue weighted by Crippen LogP contribution is 2.37. The molecule has 5 nitrogen and oxygen atoms in total. The fraction of sp³-hybridized carbons (Fsp3) is 0.0952. The van der Waals surface area contributed by atoms with Gasteiger partial charge in [0.15, 0.2) is 0 Å². The summed E-state index contributed by atoms with van der Waals surface area (Å²) in [5.74, 6) is -1.41. The third-order valence-corrected chi connectivity index (χ3v) is 5.49. The molecule has 0 bridgehead atoms. The normalized spacial score (nSPS) is 21.4. The fourth-order valence-corrected chi connectivity index (χ4v) is 3.94. The maximum absolute atomic E-state index is 13.2. The number of imide groups is 1. The van der Waals surface area contributed by atoms with Crippen molar-refractivity contribution in [2.75, 3.05) is 4.90 Å². The minimum atomic E-state index is -0.907. The number of amides is 2. The number of hydrogen-bond acceptors (Lipinski definition) is 4. The Bertz CT molecular complexity index is 1120. The van der Waals surface area contributed by atoms with Gasteiger partial charge in [-0.15, -0.1) is 0 Å². The summed E-state index contributed by atoms with van der Waals surface area (Å²) in [4.78, 5) is 32.8. The number of carbonyl (C=O) groups excluding carboxylic acids is 2. The quantitative estimate of drug-likeness (QED) is 0.590. The van der Waals surface area contributed by atoms with Crippen molar-refractivity contribution in [3.63, 3.8) is 0 Å². The molecule has 0 aliphatic carbocycles. The van der Waals surface area contributed by atoms with Crippen molar-refractivity contribution in [1.82, 2.24) is 0 Å². The third-order valence-electron chi connectivity index (χ3n) is 4.96. The Balaban J connectivity index is 1.58. The molecular formula is C21H13BrN2O3. The number of anilines is 1. The van der Waals surface area contributed by atoms with Gasteiger partial charge in [0.05, 0.1) is 5.69 Å². The minimum Gasteiger partial charge on any atom is -0.381 e. The highest BCUT2D eigenvalue weighted by molar-refractivity contribution is 9.10. The number of carbonyl (C=O) groups is 2. The molecular weight excluding hydrogens is 408 g/mol. The first-order chi connectivity index (χ1) is 13.1. The van der Waals surface area contributed by atoms with E-state index in [1.165, 1.54) is 4.90 Å². The lowest BCUT2D eigenvalue weighted by Crippen LogP contribution is -2.33. The number of benzene rings is 3. The number of halogens is 1. The monoisotopic (exact) mass is 420 g/mol. The van der Waals surface area contributed by atoms with Crippen LogP contribution in [0, 0.1) is 5.92 Å². The molecule has 0 radical (unpaired) electrons. The van der Waals surface area contributed by atoms with Gasteiger partial charge in [-0.25, -0.2) is 4.90 Å². The van der Waals surface area contributed by atoms with E-state index < -0.39 is 12.0 Å². The van der Waals surface area contributed by atoms with Gasteiger partial charge in [0.1, 0.15) is 11.6 Å². The second-order valence-corrected chi connectivity index (χ2v) is 7.41. The molecule has 0 saturated carbocycles. The van der Waals surface area contributed by atoms with Gasteiger partial charge >= 0.3 is 0 Å². The molecule has 1 fully saturated rings. The molecule has 1 saturated heterocycles. The van der Waals surface area contributed by atoms with Crippen LogP contribution in [0.25, 0.3) is 10.8 Å². The molecule has 0 aromatic heterocycles. The van der Waals surface area contributed by atoms with Crippen molar-refractivity contribution in [2.24, 2.45) is 11.1 Å². The minimum absolute atomic E-state index is 0.305. The van der Waals surface area contributed by atoms with Gasteiger partial charge in [0.2, 0.25) is 12.0 Å². The van der Waals surface area contributed by atoms with Crippen molar-refractivity contribution >= 4 is 49.9 Å². The highest BCUT2D eigenvalue weighted by Gasteiger charge is 2.56. The van der Waals surface area contributed by atoms with Gasteiger partial charge in [-0.2, -0.15) is 0 Å². The topological polar surface area (TPSA) is 59.0 Å². The average molecular weight is 421 g/mol. The molecule has 0 N–H and O–H groups in total. The zero-order valence-electron chi connectivity index (χ0n) is 14.0. The molecule has 2 aliphatic rings. The van der Waals surface area contributed by atoms with Gasteiger partial charge in [-0.1, -0.05) is 69.6 Å². The van der Waals surface area contributed by atoms with E-state index in [-0.39, 0.29) is 11.8 Å². The van der Waals surface area contributed by atoms with Crippen LogP contribution in [0.5, 0.6) is 0 Å². The first-order valence-electron chi connectivity index (χ1n) is 8.50. The molecule has 3 aromatic rings. The fourth-order valence-electron chi connectivity index (χ4n) is 3.68. The van der Waals surface area contributed by atoms with Crippen LogP contribution in [0.2, 0.25) is 0 Å². The number of nitrogens with zero attached hydrogens (tertiary/aromatic N) is 2. The predicted octanol–water partition coefficient (Wildman–Crippen LogP) is 3.89. The Kier molecular flexibility index (Phi) is 3.62. The summed E-state index contributed by atoms with van der Waals surface area (Å²) in [6.45, 7) is 0. The molecule has 6 heteroatoms. The van der Waals surface area contributed by atoms with Crippen LogP contribution >= 0.6 is 15.9 Å². The first kappa shape index (κ1) is 16.2. The summed E-state index contributed by atoms with van der Waals surface area (Å²) < 4.78 is 0.925. The lowest BCUT2D eigenvalue weighted by molar-refractivity contribution is -0.126. The van der Waals surface area contributed by atoms with Crippen LogP contribution in [0.1, 0.15) is 5.56 Å². The van der Waals surface area contributed by atoms with Gasteiger partial charge in [0, 0.05) is 15.4 Å². The van der Waals surface area contributed by atoms with E-state index >= 15 is 0 Å². The smallest absolute Gasteiger partial charge is 0.278 e. The standard InChI is InChI=1S/C21H13BrN2O3/c22-14-10-8-13(9-11-14)18-17-19(27-23-18)21(26)24(20(17)25)16-7-3-5-12-4-1-2-6-15(12)16/h1-11,17,19H/t17-,19+/m0/s1. The molecule has 2 amide bonds. The summed E-state index contributed by atoms with van der Waals surface area (Å²) in [6.07, 6.45) is -0.907. The Morgan fingerprint density at radius 1 is 0.889 bits per heavy atom. The number of rotatable bonds is 2.